The summed E-state index contributed by atoms with van der Waals surface area (Å²) in [6.45, 7) is 3.14. The Morgan fingerprint density at radius 2 is 1.85 bits per heavy atom. The molecule has 1 saturated heterocycles. The van der Waals surface area contributed by atoms with Gasteiger partial charge in [-0.05, 0) is 23.3 Å². The van der Waals surface area contributed by atoms with Gasteiger partial charge in [-0.3, -0.25) is 9.69 Å². The number of nitrogens with zero attached hydrogens (tertiary/aromatic N) is 2. The van der Waals surface area contributed by atoms with Crippen LogP contribution in [0.5, 0.6) is 0 Å². The summed E-state index contributed by atoms with van der Waals surface area (Å²) in [7, 11) is 1.83. The lowest BCUT2D eigenvalue weighted by Crippen LogP contribution is -2.46. The van der Waals surface area contributed by atoms with Crippen molar-refractivity contribution in [2.75, 3.05) is 33.4 Å². The minimum Gasteiger partial charge on any atom is -0.379 e. The van der Waals surface area contributed by atoms with Crippen molar-refractivity contribution in [2.24, 2.45) is 0 Å². The first-order valence-electron chi connectivity index (χ1n) is 8.62. The summed E-state index contributed by atoms with van der Waals surface area (Å²) in [5, 5.41) is 1.07. The molecule has 138 valence electrons. The number of hydrogen-bond donors (Lipinski definition) is 0. The van der Waals surface area contributed by atoms with Gasteiger partial charge in [0.2, 0.25) is 5.91 Å². The predicted molar refractivity (Wildman–Crippen MR) is 105 cm³/mol. The summed E-state index contributed by atoms with van der Waals surface area (Å²) in [5.74, 6) is 0.0139. The summed E-state index contributed by atoms with van der Waals surface area (Å²) in [4.78, 5) is 17.2. The van der Waals surface area contributed by atoms with Crippen LogP contribution in [0.1, 0.15) is 17.2 Å². The van der Waals surface area contributed by atoms with Gasteiger partial charge in [-0.15, -0.1) is 0 Å². The average molecular weight is 393 g/mol. The summed E-state index contributed by atoms with van der Waals surface area (Å²) in [6.07, 6.45) is 0. The fraction of sp³-hybridized carbons (Fsp3) is 0.350. The van der Waals surface area contributed by atoms with E-state index in [1.165, 1.54) is 0 Å². The van der Waals surface area contributed by atoms with Gasteiger partial charge in [0.15, 0.2) is 0 Å². The lowest BCUT2D eigenvalue weighted by molar-refractivity contribution is -0.138. The van der Waals surface area contributed by atoms with E-state index >= 15 is 0 Å². The first-order chi connectivity index (χ1) is 12.6. The maximum absolute atomic E-state index is 13.3. The molecule has 1 heterocycles. The second-order valence-corrected chi connectivity index (χ2v) is 7.24. The van der Waals surface area contributed by atoms with Gasteiger partial charge < -0.3 is 9.64 Å². The Hall–Kier alpha value is -1.59. The van der Waals surface area contributed by atoms with E-state index in [1.54, 1.807) is 17.0 Å². The van der Waals surface area contributed by atoms with Crippen LogP contribution in [-0.4, -0.2) is 49.1 Å². The molecular weight excluding hydrogens is 371 g/mol. The van der Waals surface area contributed by atoms with E-state index in [2.05, 4.69) is 4.90 Å². The van der Waals surface area contributed by atoms with Gasteiger partial charge in [0.05, 0.1) is 13.2 Å². The van der Waals surface area contributed by atoms with Gasteiger partial charge in [0.1, 0.15) is 6.04 Å². The Balaban J connectivity index is 1.87. The normalized spacial score (nSPS) is 16.3. The van der Waals surface area contributed by atoms with Crippen molar-refractivity contribution in [3.05, 3.63) is 69.7 Å². The number of benzene rings is 2. The van der Waals surface area contributed by atoms with E-state index in [0.717, 1.165) is 11.1 Å². The Morgan fingerprint density at radius 1 is 1.15 bits per heavy atom. The molecule has 6 heteroatoms. The smallest absolute Gasteiger partial charge is 0.244 e. The molecule has 0 aliphatic carbocycles. The van der Waals surface area contributed by atoms with Crippen molar-refractivity contribution in [3.63, 3.8) is 0 Å². The molecule has 1 aliphatic heterocycles. The minimum atomic E-state index is -0.447. The van der Waals surface area contributed by atoms with Crippen molar-refractivity contribution in [2.45, 2.75) is 12.6 Å². The Morgan fingerprint density at radius 3 is 2.50 bits per heavy atom. The maximum atomic E-state index is 13.3. The SMILES string of the molecule is CN(Cc1ccccc1)C(=O)[C@@H](c1ccc(Cl)cc1Cl)N1CCOCC1. The van der Waals surface area contributed by atoms with Crippen LogP contribution in [0, 0.1) is 0 Å². The highest BCUT2D eigenvalue weighted by Gasteiger charge is 2.32. The predicted octanol–water partition coefficient (Wildman–Crippen LogP) is 4.03. The number of carbonyl (C=O) groups excluding carboxylic acids is 1. The number of rotatable bonds is 5. The zero-order chi connectivity index (χ0) is 18.5. The summed E-state index contributed by atoms with van der Waals surface area (Å²) in [6, 6.07) is 14.8. The van der Waals surface area contributed by atoms with Gasteiger partial charge in [-0.25, -0.2) is 0 Å². The molecule has 1 aliphatic rings. The molecule has 0 bridgehead atoms. The van der Waals surface area contributed by atoms with Gasteiger partial charge in [-0.1, -0.05) is 59.6 Å². The van der Waals surface area contributed by atoms with Gasteiger partial charge in [0.25, 0.3) is 0 Å². The number of halogens is 2. The molecule has 1 atom stereocenters. The third-order valence-electron chi connectivity index (χ3n) is 4.54. The largest absolute Gasteiger partial charge is 0.379 e. The second-order valence-electron chi connectivity index (χ2n) is 6.40. The van der Waals surface area contributed by atoms with Crippen LogP contribution in [-0.2, 0) is 16.1 Å². The molecule has 3 rings (SSSR count). The number of carbonyl (C=O) groups is 1. The van der Waals surface area contributed by atoms with Crippen LogP contribution in [0.4, 0.5) is 0 Å². The van der Waals surface area contributed by atoms with Gasteiger partial charge >= 0.3 is 0 Å². The number of amides is 1. The fourth-order valence-electron chi connectivity index (χ4n) is 3.19. The average Bonchev–Trinajstić information content (AvgIpc) is 2.65. The monoisotopic (exact) mass is 392 g/mol. The third-order valence-corrected chi connectivity index (χ3v) is 5.10. The number of ether oxygens (including phenoxy) is 1. The molecular formula is C20H22Cl2N2O2. The van der Waals surface area contributed by atoms with Gasteiger partial charge in [0, 0.05) is 36.7 Å². The first-order valence-corrected chi connectivity index (χ1v) is 9.37. The summed E-state index contributed by atoms with van der Waals surface area (Å²) < 4.78 is 5.45. The Labute approximate surface area is 164 Å². The molecule has 1 fully saturated rings. The molecule has 0 saturated carbocycles. The quantitative estimate of drug-likeness (QED) is 0.769. The molecule has 4 nitrogen and oxygen atoms in total. The van der Waals surface area contributed by atoms with Crippen LogP contribution in [0.2, 0.25) is 10.0 Å². The van der Waals surface area contributed by atoms with E-state index in [-0.39, 0.29) is 5.91 Å². The molecule has 2 aromatic rings. The number of likely N-dealkylation sites (N-methyl/N-ethyl adjacent to an activating group) is 1. The van der Waals surface area contributed by atoms with Crippen LogP contribution < -0.4 is 0 Å². The molecule has 0 radical (unpaired) electrons. The van der Waals surface area contributed by atoms with E-state index in [9.17, 15) is 4.79 Å². The van der Waals surface area contributed by atoms with E-state index in [0.29, 0.717) is 42.9 Å². The molecule has 0 spiro atoms. The first kappa shape index (κ1) is 19.2. The van der Waals surface area contributed by atoms with Crippen LogP contribution >= 0.6 is 23.2 Å². The molecule has 0 unspecified atom stereocenters. The van der Waals surface area contributed by atoms with Crippen LogP contribution in [0.3, 0.4) is 0 Å². The van der Waals surface area contributed by atoms with E-state index in [4.69, 9.17) is 27.9 Å². The highest BCUT2D eigenvalue weighted by molar-refractivity contribution is 6.35. The van der Waals surface area contributed by atoms with Crippen molar-refractivity contribution in [3.8, 4) is 0 Å². The highest BCUT2D eigenvalue weighted by atomic mass is 35.5. The van der Waals surface area contributed by atoms with Gasteiger partial charge in [-0.2, -0.15) is 0 Å². The topological polar surface area (TPSA) is 32.8 Å². The molecule has 2 aromatic carbocycles. The molecule has 0 aromatic heterocycles. The lowest BCUT2D eigenvalue weighted by atomic mass is 10.0. The zero-order valence-corrected chi connectivity index (χ0v) is 16.2. The fourth-order valence-corrected chi connectivity index (χ4v) is 3.70. The summed E-state index contributed by atoms with van der Waals surface area (Å²) >= 11 is 12.5. The van der Waals surface area contributed by atoms with Crippen LogP contribution in [0.15, 0.2) is 48.5 Å². The van der Waals surface area contributed by atoms with Crippen molar-refractivity contribution in [1.82, 2.24) is 9.80 Å². The second kappa shape index (κ2) is 8.87. The van der Waals surface area contributed by atoms with E-state index in [1.807, 2.05) is 43.4 Å². The number of hydrogen-bond acceptors (Lipinski definition) is 3. The zero-order valence-electron chi connectivity index (χ0n) is 14.7. The maximum Gasteiger partial charge on any atom is 0.244 e. The number of morpholine rings is 1. The standard InChI is InChI=1S/C20H22Cl2N2O2/c1-23(14-15-5-3-2-4-6-15)20(25)19(24-9-11-26-12-10-24)17-8-7-16(21)13-18(17)22/h2-8,13,19H,9-12,14H2,1H3/t19-/m1/s1. The third kappa shape index (κ3) is 4.57. The molecule has 26 heavy (non-hydrogen) atoms. The van der Waals surface area contributed by atoms with Crippen molar-refractivity contribution < 1.29 is 9.53 Å². The van der Waals surface area contributed by atoms with Crippen molar-refractivity contribution in [1.29, 1.82) is 0 Å². The van der Waals surface area contributed by atoms with Crippen LogP contribution in [0.25, 0.3) is 0 Å². The Kier molecular flexibility index (Phi) is 6.54. The van der Waals surface area contributed by atoms with E-state index < -0.39 is 6.04 Å². The molecule has 0 N–H and O–H groups in total. The summed E-state index contributed by atoms with van der Waals surface area (Å²) in [5.41, 5.74) is 1.87. The highest BCUT2D eigenvalue weighted by Crippen LogP contribution is 2.32. The minimum absolute atomic E-state index is 0.0139. The Bertz CT molecular complexity index is 749. The van der Waals surface area contributed by atoms with Crippen molar-refractivity contribution >= 4 is 29.1 Å². The lowest BCUT2D eigenvalue weighted by Gasteiger charge is -2.36. The molecule has 1 amide bonds.